The third-order valence-electron chi connectivity index (χ3n) is 6.00. The average Bonchev–Trinajstić information content (AvgIpc) is 3.26. The lowest BCUT2D eigenvalue weighted by molar-refractivity contribution is -0.00824. The molecule has 1 amide bonds. The van der Waals surface area contributed by atoms with Gasteiger partial charge in [-0.1, -0.05) is 19.1 Å². The van der Waals surface area contributed by atoms with Crippen LogP contribution in [0.3, 0.4) is 0 Å². The van der Waals surface area contributed by atoms with Crippen molar-refractivity contribution in [3.8, 4) is 17.1 Å². The Morgan fingerprint density at radius 2 is 1.97 bits per heavy atom. The van der Waals surface area contributed by atoms with Gasteiger partial charge in [-0.3, -0.25) is 4.79 Å². The summed E-state index contributed by atoms with van der Waals surface area (Å²) in [4.78, 5) is 22.9. The molecular weight excluding hydrogens is 440 g/mol. The van der Waals surface area contributed by atoms with Gasteiger partial charge >= 0.3 is 0 Å². The van der Waals surface area contributed by atoms with Gasteiger partial charge in [0.2, 0.25) is 0 Å². The number of benzene rings is 2. The van der Waals surface area contributed by atoms with E-state index >= 15 is 0 Å². The fourth-order valence-corrected chi connectivity index (χ4v) is 4.03. The Hall–Kier alpha value is -3.46. The van der Waals surface area contributed by atoms with Gasteiger partial charge in [-0.25, -0.2) is 13.8 Å². The van der Waals surface area contributed by atoms with Crippen LogP contribution in [0.25, 0.3) is 11.4 Å². The summed E-state index contributed by atoms with van der Waals surface area (Å²) in [6.45, 7) is 6.69. The molecule has 1 fully saturated rings. The first-order valence-corrected chi connectivity index (χ1v) is 11.3. The molecule has 1 aromatic heterocycles. The zero-order valence-electron chi connectivity index (χ0n) is 19.5. The number of piperazine rings is 1. The van der Waals surface area contributed by atoms with E-state index in [2.05, 4.69) is 25.5 Å². The van der Waals surface area contributed by atoms with Crippen LogP contribution >= 0.6 is 0 Å². The Bertz CT molecular complexity index is 1170. The predicted octanol–water partition coefficient (Wildman–Crippen LogP) is 4.56. The lowest BCUT2D eigenvalue weighted by atomic mass is 10.1. The molecule has 0 spiro atoms. The minimum Gasteiger partial charge on any atom is -0.495 e. The van der Waals surface area contributed by atoms with Crippen molar-refractivity contribution in [2.24, 2.45) is 0 Å². The first-order chi connectivity index (χ1) is 16.3. The summed E-state index contributed by atoms with van der Waals surface area (Å²) in [5.74, 6) is -2.09. The smallest absolute Gasteiger partial charge is 0.276 e. The molecule has 0 atom stereocenters. The summed E-state index contributed by atoms with van der Waals surface area (Å²) in [6.07, 6.45) is -0.315. The molecule has 3 N–H and O–H groups in total. The number of hydrogen-bond acceptors (Lipinski definition) is 5. The number of halogens is 2. The number of hydrogen-bond donors (Lipinski definition) is 3. The highest BCUT2D eigenvalue weighted by Crippen LogP contribution is 2.34. The summed E-state index contributed by atoms with van der Waals surface area (Å²) < 4.78 is 33.7. The van der Waals surface area contributed by atoms with E-state index in [1.807, 2.05) is 18.2 Å². The minimum atomic E-state index is -2.95. The zero-order valence-corrected chi connectivity index (χ0v) is 19.5. The second-order valence-corrected chi connectivity index (χ2v) is 8.28. The van der Waals surface area contributed by atoms with Crippen molar-refractivity contribution in [2.45, 2.75) is 26.2 Å². The van der Waals surface area contributed by atoms with Gasteiger partial charge in [-0.2, -0.15) is 0 Å². The van der Waals surface area contributed by atoms with Gasteiger partial charge in [0.1, 0.15) is 17.3 Å². The summed E-state index contributed by atoms with van der Waals surface area (Å²) in [7, 11) is 1.64. The maximum Gasteiger partial charge on any atom is 0.276 e. The number of nitrogens with zero attached hydrogens (tertiary/aromatic N) is 2. The number of carbonyl (C=O) groups is 1. The molecule has 2 aromatic carbocycles. The molecule has 180 valence electrons. The molecule has 7 nitrogen and oxygen atoms in total. The molecule has 3 aromatic rings. The number of aromatic nitrogens is 2. The Morgan fingerprint density at radius 3 is 2.68 bits per heavy atom. The van der Waals surface area contributed by atoms with Gasteiger partial charge in [-0.15, -0.1) is 0 Å². The number of alkyl halides is 2. The van der Waals surface area contributed by atoms with Crippen molar-refractivity contribution in [1.29, 1.82) is 0 Å². The number of aromatic amines is 1. The number of nitrogens with one attached hydrogen (secondary N) is 3. The summed E-state index contributed by atoms with van der Waals surface area (Å²) in [6, 6.07) is 11.5. The molecular formula is C25H29F2N5O2. The summed E-state index contributed by atoms with van der Waals surface area (Å²) >= 11 is 0. The number of amides is 1. The number of ether oxygens (including phenoxy) is 1. The van der Waals surface area contributed by atoms with Crippen LogP contribution < -0.4 is 20.3 Å². The Balaban J connectivity index is 1.58. The fraction of sp³-hybridized carbons (Fsp3) is 0.360. The standard InChI is InChI=1S/C25H29F2N5O2/c1-4-25(26,27)18-6-5-7-19(15-18)30-24(33)22-16(2)29-23(31-22)17-8-9-21(34-3)20(14-17)32-12-10-28-11-13-32/h5-9,14-15,28H,4,10-13H2,1-3H3,(H,29,31)(H,30,33). The predicted molar refractivity (Wildman–Crippen MR) is 129 cm³/mol. The van der Waals surface area contributed by atoms with Gasteiger partial charge in [0, 0.05) is 55.1 Å². The van der Waals surface area contributed by atoms with Crippen molar-refractivity contribution in [2.75, 3.05) is 43.5 Å². The molecule has 0 bridgehead atoms. The maximum atomic E-state index is 14.1. The average molecular weight is 470 g/mol. The molecule has 0 aliphatic carbocycles. The van der Waals surface area contributed by atoms with E-state index in [9.17, 15) is 13.6 Å². The van der Waals surface area contributed by atoms with Crippen molar-refractivity contribution >= 4 is 17.3 Å². The van der Waals surface area contributed by atoms with E-state index < -0.39 is 11.8 Å². The fourth-order valence-electron chi connectivity index (χ4n) is 4.03. The Kier molecular flexibility index (Phi) is 6.83. The SMILES string of the molecule is CCC(F)(F)c1cccc(NC(=O)c2nc(-c3ccc(OC)c(N4CCNCC4)c3)[nH]c2C)c1. The van der Waals surface area contributed by atoms with Crippen LogP contribution in [0, 0.1) is 6.92 Å². The lowest BCUT2D eigenvalue weighted by Gasteiger charge is -2.30. The van der Waals surface area contributed by atoms with E-state index in [1.54, 1.807) is 20.1 Å². The number of imidazole rings is 1. The molecule has 1 saturated heterocycles. The van der Waals surface area contributed by atoms with Crippen LogP contribution in [0.5, 0.6) is 5.75 Å². The lowest BCUT2D eigenvalue weighted by Crippen LogP contribution is -2.43. The highest BCUT2D eigenvalue weighted by molar-refractivity contribution is 6.04. The molecule has 2 heterocycles. The van der Waals surface area contributed by atoms with E-state index in [4.69, 9.17) is 4.74 Å². The zero-order chi connectivity index (χ0) is 24.3. The second-order valence-electron chi connectivity index (χ2n) is 8.28. The summed E-state index contributed by atoms with van der Waals surface area (Å²) in [5.41, 5.74) is 2.75. The number of anilines is 2. The largest absolute Gasteiger partial charge is 0.495 e. The van der Waals surface area contributed by atoms with Gasteiger partial charge in [0.15, 0.2) is 0 Å². The van der Waals surface area contributed by atoms with Gasteiger partial charge in [-0.05, 0) is 37.3 Å². The first kappa shape index (κ1) is 23.7. The number of methoxy groups -OCH3 is 1. The molecule has 0 radical (unpaired) electrons. The maximum absolute atomic E-state index is 14.1. The normalized spacial score (nSPS) is 14.2. The van der Waals surface area contributed by atoms with Crippen LogP contribution in [0.2, 0.25) is 0 Å². The van der Waals surface area contributed by atoms with E-state index in [0.29, 0.717) is 17.2 Å². The topological polar surface area (TPSA) is 82.3 Å². The number of H-pyrrole nitrogens is 1. The van der Waals surface area contributed by atoms with Gasteiger partial charge in [0.05, 0.1) is 12.8 Å². The van der Waals surface area contributed by atoms with Crippen molar-refractivity contribution in [3.05, 3.63) is 59.4 Å². The molecule has 0 saturated carbocycles. The summed E-state index contributed by atoms with van der Waals surface area (Å²) in [5, 5.41) is 6.03. The van der Waals surface area contributed by atoms with Gasteiger partial charge in [0.25, 0.3) is 11.8 Å². The molecule has 1 aliphatic heterocycles. The highest BCUT2D eigenvalue weighted by atomic mass is 19.3. The molecule has 34 heavy (non-hydrogen) atoms. The molecule has 1 aliphatic rings. The first-order valence-electron chi connectivity index (χ1n) is 11.3. The van der Waals surface area contributed by atoms with Crippen molar-refractivity contribution in [1.82, 2.24) is 15.3 Å². The minimum absolute atomic E-state index is 0.133. The monoisotopic (exact) mass is 469 g/mol. The molecule has 0 unspecified atom stereocenters. The Labute approximate surface area is 197 Å². The highest BCUT2D eigenvalue weighted by Gasteiger charge is 2.29. The Morgan fingerprint density at radius 1 is 1.21 bits per heavy atom. The third-order valence-corrected chi connectivity index (χ3v) is 6.00. The van der Waals surface area contributed by atoms with Crippen LogP contribution in [0.1, 0.15) is 35.1 Å². The van der Waals surface area contributed by atoms with Gasteiger partial charge < -0.3 is 25.3 Å². The van der Waals surface area contributed by atoms with Crippen LogP contribution in [0.15, 0.2) is 42.5 Å². The second kappa shape index (κ2) is 9.80. The quantitative estimate of drug-likeness (QED) is 0.473. The van der Waals surface area contributed by atoms with E-state index in [-0.39, 0.29) is 17.7 Å². The van der Waals surface area contributed by atoms with Crippen molar-refractivity contribution < 1.29 is 18.3 Å². The number of carbonyl (C=O) groups excluding carboxylic acids is 1. The van der Waals surface area contributed by atoms with E-state index in [1.165, 1.54) is 25.1 Å². The van der Waals surface area contributed by atoms with E-state index in [0.717, 1.165) is 43.2 Å². The molecule has 4 rings (SSSR count). The number of aryl methyl sites for hydroxylation is 1. The number of rotatable bonds is 7. The molecule has 9 heteroatoms. The van der Waals surface area contributed by atoms with Crippen LogP contribution in [0.4, 0.5) is 20.2 Å². The van der Waals surface area contributed by atoms with Crippen LogP contribution in [-0.2, 0) is 5.92 Å². The third kappa shape index (κ3) is 4.89. The van der Waals surface area contributed by atoms with Crippen LogP contribution in [-0.4, -0.2) is 49.2 Å². The van der Waals surface area contributed by atoms with Crippen molar-refractivity contribution in [3.63, 3.8) is 0 Å².